The van der Waals surface area contributed by atoms with Crippen LogP contribution in [0.2, 0.25) is 0 Å². The Morgan fingerprint density at radius 3 is 2.91 bits per heavy atom. The molecule has 0 amide bonds. The van der Waals surface area contributed by atoms with Crippen LogP contribution < -0.4 is 4.74 Å². The number of hydrogen-bond acceptors (Lipinski definition) is 3. The quantitative estimate of drug-likeness (QED) is 0.796. The summed E-state index contributed by atoms with van der Waals surface area (Å²) >= 11 is 0. The second kappa shape index (κ2) is 8.16. The van der Waals surface area contributed by atoms with Crippen LogP contribution in [0.3, 0.4) is 0 Å². The summed E-state index contributed by atoms with van der Waals surface area (Å²) in [7, 11) is 2.25. The zero-order valence-electron chi connectivity index (χ0n) is 14.9. The molecule has 0 radical (unpaired) electrons. The van der Waals surface area contributed by atoms with E-state index >= 15 is 0 Å². The van der Waals surface area contributed by atoms with Gasteiger partial charge in [-0.25, -0.2) is 0 Å². The lowest BCUT2D eigenvalue weighted by molar-refractivity contribution is 0.153. The first-order valence-corrected chi connectivity index (χ1v) is 9.43. The molecule has 1 fully saturated rings. The van der Waals surface area contributed by atoms with Crippen molar-refractivity contribution in [3.05, 3.63) is 29.3 Å². The molecule has 3 heteroatoms. The van der Waals surface area contributed by atoms with E-state index in [1.54, 1.807) is 0 Å². The first-order valence-electron chi connectivity index (χ1n) is 9.43. The summed E-state index contributed by atoms with van der Waals surface area (Å²) in [5.41, 5.74) is 2.98. The maximum absolute atomic E-state index is 6.07. The average molecular weight is 316 g/mol. The Morgan fingerprint density at radius 1 is 1.17 bits per heavy atom. The first kappa shape index (κ1) is 16.8. The van der Waals surface area contributed by atoms with E-state index in [2.05, 4.69) is 42.0 Å². The SMILES string of the molecule is CCCN1CCc2ccc(OCC[C@@H]3CCCCN3C)cc2C1. The van der Waals surface area contributed by atoms with Crippen LogP contribution in [0.25, 0.3) is 0 Å². The molecule has 1 atom stereocenters. The van der Waals surface area contributed by atoms with E-state index in [0.717, 1.165) is 25.3 Å². The average Bonchev–Trinajstić information content (AvgIpc) is 2.57. The normalized spacial score (nSPS) is 22.8. The number of benzene rings is 1. The van der Waals surface area contributed by atoms with Crippen LogP contribution in [0, 0.1) is 0 Å². The van der Waals surface area contributed by atoms with Crippen LogP contribution in [0.1, 0.15) is 50.2 Å². The van der Waals surface area contributed by atoms with Gasteiger partial charge in [0.25, 0.3) is 0 Å². The fourth-order valence-corrected chi connectivity index (χ4v) is 4.01. The van der Waals surface area contributed by atoms with Crippen molar-refractivity contribution in [3.63, 3.8) is 0 Å². The van der Waals surface area contributed by atoms with Crippen LogP contribution in [-0.4, -0.2) is 49.1 Å². The molecule has 128 valence electrons. The maximum Gasteiger partial charge on any atom is 0.119 e. The van der Waals surface area contributed by atoms with Gasteiger partial charge in [0.2, 0.25) is 0 Å². The standard InChI is InChI=1S/C20H32N2O/c1-3-11-22-13-9-17-7-8-20(15-18(17)16-22)23-14-10-19-6-4-5-12-21(19)2/h7-8,15,19H,3-6,9-14,16H2,1-2H3/t19-/m0/s1. The monoisotopic (exact) mass is 316 g/mol. The van der Waals surface area contributed by atoms with E-state index < -0.39 is 0 Å². The number of nitrogens with zero attached hydrogens (tertiary/aromatic N) is 2. The van der Waals surface area contributed by atoms with Gasteiger partial charge >= 0.3 is 0 Å². The summed E-state index contributed by atoms with van der Waals surface area (Å²) in [6, 6.07) is 7.43. The molecule has 0 bridgehead atoms. The van der Waals surface area contributed by atoms with Gasteiger partial charge in [0.05, 0.1) is 6.61 Å². The Balaban J connectivity index is 1.52. The van der Waals surface area contributed by atoms with Gasteiger partial charge in [0.15, 0.2) is 0 Å². The Morgan fingerprint density at radius 2 is 2.09 bits per heavy atom. The van der Waals surface area contributed by atoms with Gasteiger partial charge in [0.1, 0.15) is 5.75 Å². The molecule has 0 spiro atoms. The van der Waals surface area contributed by atoms with Crippen LogP contribution in [0.4, 0.5) is 0 Å². The molecule has 0 unspecified atom stereocenters. The number of hydrogen-bond donors (Lipinski definition) is 0. The summed E-state index contributed by atoms with van der Waals surface area (Å²) in [6.07, 6.45) is 7.63. The number of likely N-dealkylation sites (tertiary alicyclic amines) is 1. The number of ether oxygens (including phenoxy) is 1. The van der Waals surface area contributed by atoms with Crippen molar-refractivity contribution >= 4 is 0 Å². The third-order valence-electron chi connectivity index (χ3n) is 5.45. The maximum atomic E-state index is 6.07. The molecular weight excluding hydrogens is 284 g/mol. The lowest BCUT2D eigenvalue weighted by Gasteiger charge is -2.32. The number of piperidine rings is 1. The second-order valence-electron chi connectivity index (χ2n) is 7.22. The van der Waals surface area contributed by atoms with Gasteiger partial charge in [0, 0.05) is 19.1 Å². The van der Waals surface area contributed by atoms with E-state index in [-0.39, 0.29) is 0 Å². The molecule has 3 nitrogen and oxygen atoms in total. The Kier molecular flexibility index (Phi) is 5.96. The molecule has 2 heterocycles. The van der Waals surface area contributed by atoms with Gasteiger partial charge < -0.3 is 9.64 Å². The summed E-state index contributed by atoms with van der Waals surface area (Å²) in [5, 5.41) is 0. The van der Waals surface area contributed by atoms with E-state index in [0.29, 0.717) is 6.04 Å². The molecule has 0 saturated carbocycles. The topological polar surface area (TPSA) is 15.7 Å². The molecule has 2 aliphatic heterocycles. The van der Waals surface area contributed by atoms with Crippen LogP contribution >= 0.6 is 0 Å². The smallest absolute Gasteiger partial charge is 0.119 e. The molecule has 1 aromatic carbocycles. The summed E-state index contributed by atoms with van der Waals surface area (Å²) in [5.74, 6) is 1.06. The molecule has 0 aliphatic carbocycles. The number of rotatable bonds is 6. The molecular formula is C20H32N2O. The van der Waals surface area contributed by atoms with Crippen molar-refractivity contribution in [3.8, 4) is 5.75 Å². The Labute approximate surface area is 141 Å². The van der Waals surface area contributed by atoms with Gasteiger partial charge in [-0.2, -0.15) is 0 Å². The van der Waals surface area contributed by atoms with Crippen molar-refractivity contribution in [2.75, 3.05) is 33.3 Å². The fraction of sp³-hybridized carbons (Fsp3) is 0.700. The molecule has 1 aromatic rings. The molecule has 0 N–H and O–H groups in total. The summed E-state index contributed by atoms with van der Waals surface area (Å²) < 4.78 is 6.07. The molecule has 1 saturated heterocycles. The van der Waals surface area contributed by atoms with E-state index in [4.69, 9.17) is 4.74 Å². The van der Waals surface area contributed by atoms with E-state index in [9.17, 15) is 0 Å². The van der Waals surface area contributed by atoms with Crippen LogP contribution in [0.5, 0.6) is 5.75 Å². The Bertz CT molecular complexity index is 502. The number of fused-ring (bicyclic) bond motifs is 1. The molecule has 2 aliphatic rings. The van der Waals surface area contributed by atoms with Gasteiger partial charge in [-0.1, -0.05) is 19.4 Å². The van der Waals surface area contributed by atoms with Crippen molar-refractivity contribution in [2.45, 2.75) is 58.0 Å². The first-order chi connectivity index (χ1) is 11.3. The highest BCUT2D eigenvalue weighted by molar-refractivity contribution is 5.37. The summed E-state index contributed by atoms with van der Waals surface area (Å²) in [4.78, 5) is 5.06. The van der Waals surface area contributed by atoms with E-state index in [1.807, 2.05) is 0 Å². The van der Waals surface area contributed by atoms with E-state index in [1.165, 1.54) is 62.9 Å². The van der Waals surface area contributed by atoms with Gasteiger partial charge in [-0.3, -0.25) is 4.90 Å². The van der Waals surface area contributed by atoms with Gasteiger partial charge in [-0.05, 0) is 75.5 Å². The lowest BCUT2D eigenvalue weighted by Crippen LogP contribution is -2.37. The highest BCUT2D eigenvalue weighted by Crippen LogP contribution is 2.25. The van der Waals surface area contributed by atoms with Crippen molar-refractivity contribution in [2.24, 2.45) is 0 Å². The highest BCUT2D eigenvalue weighted by atomic mass is 16.5. The molecule has 23 heavy (non-hydrogen) atoms. The third-order valence-corrected chi connectivity index (χ3v) is 5.45. The third kappa shape index (κ3) is 4.48. The predicted octanol–water partition coefficient (Wildman–Crippen LogP) is 3.71. The Hall–Kier alpha value is -1.06. The summed E-state index contributed by atoms with van der Waals surface area (Å²) in [6.45, 7) is 7.85. The fourth-order valence-electron chi connectivity index (χ4n) is 4.01. The van der Waals surface area contributed by atoms with Crippen LogP contribution in [0.15, 0.2) is 18.2 Å². The largest absolute Gasteiger partial charge is 0.494 e. The zero-order chi connectivity index (χ0) is 16.1. The van der Waals surface area contributed by atoms with Crippen molar-refractivity contribution in [1.29, 1.82) is 0 Å². The van der Waals surface area contributed by atoms with Crippen molar-refractivity contribution in [1.82, 2.24) is 9.80 Å². The molecule has 3 rings (SSSR count). The lowest BCUT2D eigenvalue weighted by atomic mass is 9.99. The minimum absolute atomic E-state index is 0.710. The highest BCUT2D eigenvalue weighted by Gasteiger charge is 2.19. The molecule has 0 aromatic heterocycles. The van der Waals surface area contributed by atoms with Gasteiger partial charge in [-0.15, -0.1) is 0 Å². The predicted molar refractivity (Wildman–Crippen MR) is 96.1 cm³/mol. The zero-order valence-corrected chi connectivity index (χ0v) is 14.9. The minimum Gasteiger partial charge on any atom is -0.494 e. The second-order valence-corrected chi connectivity index (χ2v) is 7.22. The minimum atomic E-state index is 0.710. The van der Waals surface area contributed by atoms with Crippen LogP contribution in [-0.2, 0) is 13.0 Å². The van der Waals surface area contributed by atoms with Crippen molar-refractivity contribution < 1.29 is 4.74 Å².